The summed E-state index contributed by atoms with van der Waals surface area (Å²) in [6, 6.07) is 21.6. The smallest absolute Gasteiger partial charge is 0.277 e. The Bertz CT molecular complexity index is 1350. The molecule has 0 bridgehead atoms. The molecular weight excluding hydrogens is 394 g/mol. The van der Waals surface area contributed by atoms with E-state index in [1.807, 2.05) is 71.4 Å². The highest BCUT2D eigenvalue weighted by atomic mass is 32.1. The maximum absolute atomic E-state index is 12.8. The van der Waals surface area contributed by atoms with Crippen LogP contribution in [0.3, 0.4) is 0 Å². The van der Waals surface area contributed by atoms with Gasteiger partial charge in [0.2, 0.25) is 0 Å². The Morgan fingerprint density at radius 2 is 1.87 bits per heavy atom. The van der Waals surface area contributed by atoms with Crippen molar-refractivity contribution in [2.75, 3.05) is 11.1 Å². The number of hydrogen-bond donors (Lipinski definition) is 2. The Morgan fingerprint density at radius 3 is 2.73 bits per heavy atom. The predicted octanol–water partition coefficient (Wildman–Crippen LogP) is 4.98. The van der Waals surface area contributed by atoms with E-state index in [-0.39, 0.29) is 11.6 Å². The number of amides is 1. The fourth-order valence-electron chi connectivity index (χ4n) is 3.35. The number of nitrogens with zero attached hydrogens (tertiary/aromatic N) is 3. The number of nitrogen functional groups attached to an aromatic ring is 1. The SMILES string of the molecule is Nc1ccc(-c2ccsc2)cc1NC(=O)c1cn(-c2cccc3ccccc23)nn1. The molecule has 0 saturated heterocycles. The topological polar surface area (TPSA) is 85.8 Å². The molecule has 5 aromatic rings. The van der Waals surface area contributed by atoms with Crippen molar-refractivity contribution in [2.24, 2.45) is 0 Å². The van der Waals surface area contributed by atoms with Gasteiger partial charge < -0.3 is 11.1 Å². The number of aromatic nitrogens is 3. The maximum atomic E-state index is 12.8. The molecule has 7 heteroatoms. The van der Waals surface area contributed by atoms with E-state index in [4.69, 9.17) is 5.73 Å². The Kier molecular flexibility index (Phi) is 4.49. The Hall–Kier alpha value is -3.97. The van der Waals surface area contributed by atoms with Crippen molar-refractivity contribution in [1.82, 2.24) is 15.0 Å². The lowest BCUT2D eigenvalue weighted by molar-refractivity contribution is 0.102. The van der Waals surface area contributed by atoms with Crippen molar-refractivity contribution in [3.05, 3.63) is 89.4 Å². The summed E-state index contributed by atoms with van der Waals surface area (Å²) in [7, 11) is 0. The van der Waals surface area contributed by atoms with Gasteiger partial charge in [0.25, 0.3) is 5.91 Å². The number of rotatable bonds is 4. The van der Waals surface area contributed by atoms with Crippen molar-refractivity contribution < 1.29 is 4.79 Å². The lowest BCUT2D eigenvalue weighted by Crippen LogP contribution is -2.13. The van der Waals surface area contributed by atoms with Crippen LogP contribution in [0.1, 0.15) is 10.5 Å². The molecule has 30 heavy (non-hydrogen) atoms. The summed E-state index contributed by atoms with van der Waals surface area (Å²) >= 11 is 1.62. The van der Waals surface area contributed by atoms with Crippen LogP contribution >= 0.6 is 11.3 Å². The molecule has 0 aliphatic rings. The van der Waals surface area contributed by atoms with Gasteiger partial charge in [-0.1, -0.05) is 47.7 Å². The number of nitrogens with one attached hydrogen (secondary N) is 1. The quantitative estimate of drug-likeness (QED) is 0.408. The molecule has 0 atom stereocenters. The molecule has 146 valence electrons. The first kappa shape index (κ1) is 18.1. The molecule has 3 N–H and O–H groups in total. The maximum Gasteiger partial charge on any atom is 0.277 e. The lowest BCUT2D eigenvalue weighted by atomic mass is 10.1. The van der Waals surface area contributed by atoms with Gasteiger partial charge in [-0.2, -0.15) is 11.3 Å². The van der Waals surface area contributed by atoms with E-state index in [9.17, 15) is 4.79 Å². The van der Waals surface area contributed by atoms with Crippen LogP contribution in [0.25, 0.3) is 27.6 Å². The number of fused-ring (bicyclic) bond motifs is 1. The second-order valence-corrected chi connectivity index (χ2v) is 7.59. The second kappa shape index (κ2) is 7.46. The van der Waals surface area contributed by atoms with Gasteiger partial charge in [-0.05, 0) is 51.5 Å². The minimum Gasteiger partial charge on any atom is -0.397 e. The van der Waals surface area contributed by atoms with Gasteiger partial charge in [0.1, 0.15) is 0 Å². The number of anilines is 2. The third-order valence-corrected chi connectivity index (χ3v) is 5.58. The molecule has 0 radical (unpaired) electrons. The number of nitrogens with two attached hydrogens (primary N) is 1. The largest absolute Gasteiger partial charge is 0.397 e. The molecule has 0 aliphatic heterocycles. The number of thiophene rings is 1. The molecule has 0 saturated carbocycles. The first-order valence-corrected chi connectivity index (χ1v) is 10.3. The van der Waals surface area contributed by atoms with Crippen LogP contribution in [-0.4, -0.2) is 20.9 Å². The highest BCUT2D eigenvalue weighted by Gasteiger charge is 2.15. The zero-order chi connectivity index (χ0) is 20.5. The van der Waals surface area contributed by atoms with Crippen LogP contribution in [0, 0.1) is 0 Å². The van der Waals surface area contributed by atoms with Crippen LogP contribution in [0.4, 0.5) is 11.4 Å². The van der Waals surface area contributed by atoms with Gasteiger partial charge in [-0.25, -0.2) is 4.68 Å². The molecule has 0 aliphatic carbocycles. The van der Waals surface area contributed by atoms with Crippen LogP contribution in [0.5, 0.6) is 0 Å². The molecule has 2 aromatic heterocycles. The summed E-state index contributed by atoms with van der Waals surface area (Å²) in [5.41, 5.74) is 10.2. The van der Waals surface area contributed by atoms with Crippen LogP contribution in [0.15, 0.2) is 83.7 Å². The Labute approximate surface area is 176 Å². The normalized spacial score (nSPS) is 10.9. The molecule has 1 amide bonds. The lowest BCUT2D eigenvalue weighted by Gasteiger charge is -2.09. The van der Waals surface area contributed by atoms with E-state index >= 15 is 0 Å². The van der Waals surface area contributed by atoms with Gasteiger partial charge in [0, 0.05) is 5.39 Å². The monoisotopic (exact) mass is 411 g/mol. The van der Waals surface area contributed by atoms with Crippen molar-refractivity contribution in [2.45, 2.75) is 0 Å². The van der Waals surface area contributed by atoms with Crippen molar-refractivity contribution in [3.63, 3.8) is 0 Å². The van der Waals surface area contributed by atoms with Crippen molar-refractivity contribution in [3.8, 4) is 16.8 Å². The molecule has 0 fully saturated rings. The first-order chi connectivity index (χ1) is 14.7. The zero-order valence-electron chi connectivity index (χ0n) is 15.8. The highest BCUT2D eigenvalue weighted by molar-refractivity contribution is 7.08. The Morgan fingerprint density at radius 1 is 1.00 bits per heavy atom. The summed E-state index contributed by atoms with van der Waals surface area (Å²) in [4.78, 5) is 12.8. The first-order valence-electron chi connectivity index (χ1n) is 9.33. The minimum atomic E-state index is -0.365. The third kappa shape index (κ3) is 3.31. The second-order valence-electron chi connectivity index (χ2n) is 6.81. The van der Waals surface area contributed by atoms with Crippen molar-refractivity contribution in [1.29, 1.82) is 0 Å². The molecule has 0 unspecified atom stereocenters. The predicted molar refractivity (Wildman–Crippen MR) is 121 cm³/mol. The zero-order valence-corrected chi connectivity index (χ0v) is 16.6. The summed E-state index contributed by atoms with van der Waals surface area (Å²) in [5.74, 6) is -0.365. The van der Waals surface area contributed by atoms with Crippen molar-refractivity contribution >= 4 is 39.4 Å². The standard InChI is InChI=1S/C23H17N5OS/c24-19-9-8-16(17-10-11-30-14-17)12-20(19)25-23(29)21-13-28(27-26-21)22-7-3-5-15-4-1-2-6-18(15)22/h1-14H,24H2,(H,25,29). The van der Waals surface area contributed by atoms with E-state index in [0.29, 0.717) is 11.4 Å². The molecule has 5 rings (SSSR count). The van der Waals surface area contributed by atoms with E-state index < -0.39 is 0 Å². The molecule has 2 heterocycles. The van der Waals surface area contributed by atoms with Crippen LogP contribution in [-0.2, 0) is 0 Å². The molecule has 0 spiro atoms. The van der Waals surface area contributed by atoms with E-state index in [1.165, 1.54) is 0 Å². The average molecular weight is 411 g/mol. The summed E-state index contributed by atoms with van der Waals surface area (Å²) in [6.07, 6.45) is 1.62. The number of carbonyl (C=O) groups excluding carboxylic acids is 1. The highest BCUT2D eigenvalue weighted by Crippen LogP contribution is 2.29. The van der Waals surface area contributed by atoms with E-state index in [0.717, 1.165) is 27.6 Å². The number of benzene rings is 3. The van der Waals surface area contributed by atoms with Gasteiger partial charge in [-0.3, -0.25) is 4.79 Å². The van der Waals surface area contributed by atoms with E-state index in [1.54, 1.807) is 28.3 Å². The summed E-state index contributed by atoms with van der Waals surface area (Å²) < 4.78 is 1.61. The van der Waals surface area contributed by atoms with E-state index in [2.05, 4.69) is 15.6 Å². The third-order valence-electron chi connectivity index (χ3n) is 4.90. The van der Waals surface area contributed by atoms with Gasteiger partial charge in [0.15, 0.2) is 5.69 Å². The average Bonchev–Trinajstić information content (AvgIpc) is 3.47. The number of carbonyl (C=O) groups is 1. The van der Waals surface area contributed by atoms with Gasteiger partial charge in [0.05, 0.1) is 23.3 Å². The number of hydrogen-bond acceptors (Lipinski definition) is 5. The summed E-state index contributed by atoms with van der Waals surface area (Å²) in [6.45, 7) is 0. The van der Waals surface area contributed by atoms with Gasteiger partial charge >= 0.3 is 0 Å². The fourth-order valence-corrected chi connectivity index (χ4v) is 4.02. The van der Waals surface area contributed by atoms with Crippen LogP contribution in [0.2, 0.25) is 0 Å². The summed E-state index contributed by atoms with van der Waals surface area (Å²) in [5, 5.41) is 17.3. The molecule has 6 nitrogen and oxygen atoms in total. The fraction of sp³-hybridized carbons (Fsp3) is 0. The van der Waals surface area contributed by atoms with Crippen LogP contribution < -0.4 is 11.1 Å². The van der Waals surface area contributed by atoms with Gasteiger partial charge in [-0.15, -0.1) is 5.10 Å². The Balaban J connectivity index is 1.43. The molecule has 3 aromatic carbocycles. The minimum absolute atomic E-state index is 0.211. The molecular formula is C23H17N5OS.